The van der Waals surface area contributed by atoms with Gasteiger partial charge in [0, 0.05) is 6.61 Å². The lowest BCUT2D eigenvalue weighted by Gasteiger charge is -2.15. The molecule has 122 valence electrons. The lowest BCUT2D eigenvalue weighted by atomic mass is 9.93. The zero-order valence-electron chi connectivity index (χ0n) is 12.6. The Kier molecular flexibility index (Phi) is 12.5. The molecule has 0 aromatic heterocycles. The van der Waals surface area contributed by atoms with E-state index in [1.807, 2.05) is 0 Å². The molecule has 0 aromatic rings. The van der Waals surface area contributed by atoms with Crippen LogP contribution in [0.2, 0.25) is 0 Å². The summed E-state index contributed by atoms with van der Waals surface area (Å²) in [4.78, 5) is 0. The van der Waals surface area contributed by atoms with Gasteiger partial charge in [-0.15, -0.1) is 0 Å². The van der Waals surface area contributed by atoms with E-state index in [-0.39, 0.29) is 13.2 Å². The number of hydrogen-bond acceptors (Lipinski definition) is 4. The van der Waals surface area contributed by atoms with E-state index in [0.29, 0.717) is 12.3 Å². The van der Waals surface area contributed by atoms with Crippen molar-refractivity contribution in [1.82, 2.24) is 0 Å². The van der Waals surface area contributed by atoms with Crippen LogP contribution in [0.1, 0.15) is 71.1 Å². The summed E-state index contributed by atoms with van der Waals surface area (Å²) in [5.41, 5.74) is 0. The molecule has 0 rings (SSSR count). The van der Waals surface area contributed by atoms with Crippen molar-refractivity contribution in [3.05, 3.63) is 0 Å². The van der Waals surface area contributed by atoms with Crippen LogP contribution in [0.25, 0.3) is 0 Å². The Morgan fingerprint density at radius 1 is 0.950 bits per heavy atom. The molecule has 0 aliphatic rings. The molecular weight excluding hydrogens is 280 g/mol. The fourth-order valence-corrected chi connectivity index (χ4v) is 2.69. The number of aliphatic hydroxyl groups excluding tert-OH is 1. The Labute approximate surface area is 123 Å². The summed E-state index contributed by atoms with van der Waals surface area (Å²) in [6, 6.07) is 0. The third kappa shape index (κ3) is 14.2. The first-order chi connectivity index (χ1) is 9.49. The summed E-state index contributed by atoms with van der Waals surface area (Å²) < 4.78 is 33.5. The lowest BCUT2D eigenvalue weighted by Crippen LogP contribution is -2.08. The van der Waals surface area contributed by atoms with Gasteiger partial charge in [0.15, 0.2) is 0 Å². The average Bonchev–Trinajstić information content (AvgIpc) is 2.37. The second-order valence-corrected chi connectivity index (χ2v) is 6.42. The molecule has 0 amide bonds. The van der Waals surface area contributed by atoms with Crippen molar-refractivity contribution in [3.63, 3.8) is 0 Å². The zero-order chi connectivity index (χ0) is 15.3. The van der Waals surface area contributed by atoms with Gasteiger partial charge in [0.25, 0.3) is 0 Å². The summed E-state index contributed by atoms with van der Waals surface area (Å²) in [5.74, 6) is 0.413. The Balaban J connectivity index is 3.65. The first-order valence-electron chi connectivity index (χ1n) is 7.72. The van der Waals surface area contributed by atoms with E-state index in [1.165, 1.54) is 32.1 Å². The average molecular weight is 310 g/mol. The molecular formula is C14H30O5S. The van der Waals surface area contributed by atoms with E-state index in [9.17, 15) is 8.42 Å². The summed E-state index contributed by atoms with van der Waals surface area (Å²) in [6.07, 6.45) is 10.7. The minimum atomic E-state index is -4.31. The number of hydrogen-bond donors (Lipinski definition) is 2. The van der Waals surface area contributed by atoms with Gasteiger partial charge in [0.2, 0.25) is 0 Å². The monoisotopic (exact) mass is 310 g/mol. The topological polar surface area (TPSA) is 83.8 Å². The van der Waals surface area contributed by atoms with Gasteiger partial charge in [-0.2, -0.15) is 8.42 Å². The van der Waals surface area contributed by atoms with E-state index >= 15 is 0 Å². The maximum Gasteiger partial charge on any atom is 0.397 e. The number of rotatable bonds is 14. The maximum absolute atomic E-state index is 10.4. The highest BCUT2D eigenvalue weighted by Crippen LogP contribution is 2.20. The largest absolute Gasteiger partial charge is 0.397 e. The molecule has 5 nitrogen and oxygen atoms in total. The van der Waals surface area contributed by atoms with Crippen LogP contribution in [-0.2, 0) is 14.6 Å². The predicted octanol–water partition coefficient (Wildman–Crippen LogP) is 3.34. The van der Waals surface area contributed by atoms with Crippen LogP contribution in [0.4, 0.5) is 0 Å². The van der Waals surface area contributed by atoms with Crippen molar-refractivity contribution in [1.29, 1.82) is 0 Å². The van der Waals surface area contributed by atoms with E-state index in [4.69, 9.17) is 9.66 Å². The Hall–Kier alpha value is -0.170. The van der Waals surface area contributed by atoms with Crippen LogP contribution in [-0.4, -0.2) is 31.3 Å². The third-order valence-electron chi connectivity index (χ3n) is 3.49. The van der Waals surface area contributed by atoms with Gasteiger partial charge in [-0.3, -0.25) is 4.55 Å². The third-order valence-corrected chi connectivity index (χ3v) is 3.96. The number of aliphatic hydroxyl groups is 1. The highest BCUT2D eigenvalue weighted by Gasteiger charge is 2.10. The number of unbranched alkanes of at least 4 members (excludes halogenated alkanes) is 5. The van der Waals surface area contributed by atoms with Crippen molar-refractivity contribution in [2.24, 2.45) is 5.92 Å². The van der Waals surface area contributed by atoms with Gasteiger partial charge in [0.1, 0.15) is 0 Å². The van der Waals surface area contributed by atoms with Gasteiger partial charge < -0.3 is 5.11 Å². The Bertz CT molecular complexity index is 303. The molecule has 6 heteroatoms. The van der Waals surface area contributed by atoms with Crippen LogP contribution < -0.4 is 0 Å². The minimum absolute atomic E-state index is 0.0112. The highest BCUT2D eigenvalue weighted by molar-refractivity contribution is 7.80. The molecule has 1 atom stereocenters. The molecule has 0 bridgehead atoms. The maximum atomic E-state index is 10.4. The highest BCUT2D eigenvalue weighted by atomic mass is 32.3. The SMILES string of the molecule is CCCCCCCCC(CCO)CCCOS(=O)(=O)O. The molecule has 1 unspecified atom stereocenters. The first kappa shape index (κ1) is 19.8. The van der Waals surface area contributed by atoms with Gasteiger partial charge in [-0.25, -0.2) is 4.18 Å². The summed E-state index contributed by atoms with van der Waals surface area (Å²) >= 11 is 0. The molecule has 0 saturated heterocycles. The van der Waals surface area contributed by atoms with Crippen LogP contribution in [0.15, 0.2) is 0 Å². The quantitative estimate of drug-likeness (QED) is 0.380. The smallest absolute Gasteiger partial charge is 0.396 e. The molecule has 0 spiro atoms. The van der Waals surface area contributed by atoms with Crippen molar-refractivity contribution in [2.75, 3.05) is 13.2 Å². The fourth-order valence-electron chi connectivity index (χ4n) is 2.37. The summed E-state index contributed by atoms with van der Waals surface area (Å²) in [5, 5.41) is 9.03. The van der Waals surface area contributed by atoms with Crippen molar-refractivity contribution < 1.29 is 22.3 Å². The molecule has 0 aliphatic heterocycles. The second kappa shape index (κ2) is 12.6. The molecule has 0 fully saturated rings. The standard InChI is InChI=1S/C14H30O5S/c1-2-3-4-5-6-7-9-14(11-12-15)10-8-13-19-20(16,17)18/h14-15H,2-13H2,1H3,(H,16,17,18). The van der Waals surface area contributed by atoms with Crippen LogP contribution in [0.3, 0.4) is 0 Å². The van der Waals surface area contributed by atoms with Gasteiger partial charge in [-0.1, -0.05) is 51.9 Å². The van der Waals surface area contributed by atoms with Crippen LogP contribution in [0.5, 0.6) is 0 Å². The van der Waals surface area contributed by atoms with E-state index < -0.39 is 10.4 Å². The minimum Gasteiger partial charge on any atom is -0.396 e. The van der Waals surface area contributed by atoms with E-state index in [2.05, 4.69) is 11.1 Å². The molecule has 0 radical (unpaired) electrons. The van der Waals surface area contributed by atoms with Crippen LogP contribution >= 0.6 is 0 Å². The van der Waals surface area contributed by atoms with Gasteiger partial charge in [-0.05, 0) is 25.2 Å². The second-order valence-electron chi connectivity index (χ2n) is 5.33. The van der Waals surface area contributed by atoms with E-state index in [1.54, 1.807) is 0 Å². The molecule has 0 aliphatic carbocycles. The molecule has 20 heavy (non-hydrogen) atoms. The Morgan fingerprint density at radius 2 is 1.55 bits per heavy atom. The first-order valence-corrected chi connectivity index (χ1v) is 9.08. The molecule has 0 heterocycles. The van der Waals surface area contributed by atoms with Gasteiger partial charge >= 0.3 is 10.4 Å². The predicted molar refractivity (Wildman–Crippen MR) is 79.9 cm³/mol. The van der Waals surface area contributed by atoms with Crippen molar-refractivity contribution in [3.8, 4) is 0 Å². The van der Waals surface area contributed by atoms with E-state index in [0.717, 1.165) is 25.7 Å². The van der Waals surface area contributed by atoms with Crippen molar-refractivity contribution in [2.45, 2.75) is 71.1 Å². The zero-order valence-corrected chi connectivity index (χ0v) is 13.4. The fraction of sp³-hybridized carbons (Fsp3) is 1.00. The van der Waals surface area contributed by atoms with Crippen molar-refractivity contribution >= 4 is 10.4 Å². The lowest BCUT2D eigenvalue weighted by molar-refractivity contribution is 0.223. The molecule has 2 N–H and O–H groups in total. The Morgan fingerprint density at radius 3 is 2.15 bits per heavy atom. The van der Waals surface area contributed by atoms with Crippen LogP contribution in [0, 0.1) is 5.92 Å². The summed E-state index contributed by atoms with van der Waals surface area (Å²) in [7, 11) is -4.31. The molecule has 0 aromatic carbocycles. The summed E-state index contributed by atoms with van der Waals surface area (Å²) in [6.45, 7) is 2.38. The normalized spacial score (nSPS) is 13.6. The molecule has 0 saturated carbocycles. The van der Waals surface area contributed by atoms with Gasteiger partial charge in [0.05, 0.1) is 6.61 Å².